The lowest BCUT2D eigenvalue weighted by Gasteiger charge is -2.07. The Morgan fingerprint density at radius 2 is 1.93 bits per heavy atom. The summed E-state index contributed by atoms with van der Waals surface area (Å²) < 4.78 is 0. The van der Waals surface area contributed by atoms with Crippen molar-refractivity contribution >= 4 is 5.95 Å². The molecule has 2 N–H and O–H groups in total. The monoisotopic (exact) mass is 202 g/mol. The lowest BCUT2D eigenvalue weighted by molar-refractivity contribution is 0.874. The summed E-state index contributed by atoms with van der Waals surface area (Å²) in [5, 5.41) is 3.15. The molecule has 2 aromatic heterocycles. The number of hydrogen-bond acceptors (Lipinski definition) is 3. The number of anilines is 1. The Hall–Kier alpha value is -1.84. The molecule has 78 valence electrons. The van der Waals surface area contributed by atoms with Crippen molar-refractivity contribution < 1.29 is 0 Å². The first kappa shape index (κ1) is 9.71. The molecule has 0 aliphatic carbocycles. The zero-order chi connectivity index (χ0) is 10.7. The minimum absolute atomic E-state index is 0.350. The van der Waals surface area contributed by atoms with Crippen LogP contribution in [0, 0.1) is 0 Å². The van der Waals surface area contributed by atoms with Crippen LogP contribution in [0.5, 0.6) is 0 Å². The van der Waals surface area contributed by atoms with Crippen LogP contribution in [-0.4, -0.2) is 21.0 Å². The number of H-pyrrole nitrogens is 1. The van der Waals surface area contributed by atoms with Crippen LogP contribution < -0.4 is 5.32 Å². The Kier molecular flexibility index (Phi) is 2.67. The predicted octanol–water partition coefficient (Wildman–Crippen LogP) is 2.29. The van der Waals surface area contributed by atoms with Gasteiger partial charge >= 0.3 is 0 Å². The second-order valence-corrected chi connectivity index (χ2v) is 3.69. The van der Waals surface area contributed by atoms with Gasteiger partial charge in [-0.25, -0.2) is 9.97 Å². The standard InChI is InChI=1S/C11H14N4/c1-8(2)15-11-13-6-10(7-14-11)9-3-4-12-5-9/h3-8,12H,1-2H3,(H,13,14,15). The molecule has 0 aliphatic rings. The summed E-state index contributed by atoms with van der Waals surface area (Å²) in [6, 6.07) is 2.34. The summed E-state index contributed by atoms with van der Waals surface area (Å²) in [6.45, 7) is 4.12. The van der Waals surface area contributed by atoms with E-state index in [-0.39, 0.29) is 0 Å². The molecule has 0 saturated heterocycles. The van der Waals surface area contributed by atoms with Gasteiger partial charge in [-0.2, -0.15) is 0 Å². The zero-order valence-corrected chi connectivity index (χ0v) is 8.86. The quantitative estimate of drug-likeness (QED) is 0.802. The average molecular weight is 202 g/mol. The van der Waals surface area contributed by atoms with Gasteiger partial charge < -0.3 is 10.3 Å². The maximum atomic E-state index is 4.24. The molecule has 0 aromatic carbocycles. The van der Waals surface area contributed by atoms with E-state index in [1.165, 1.54) is 0 Å². The van der Waals surface area contributed by atoms with Gasteiger partial charge in [-0.05, 0) is 19.9 Å². The summed E-state index contributed by atoms with van der Waals surface area (Å²) in [4.78, 5) is 11.5. The van der Waals surface area contributed by atoms with Crippen molar-refractivity contribution in [2.45, 2.75) is 19.9 Å². The van der Waals surface area contributed by atoms with Crippen molar-refractivity contribution in [2.24, 2.45) is 0 Å². The summed E-state index contributed by atoms with van der Waals surface area (Å²) >= 11 is 0. The molecule has 0 bridgehead atoms. The van der Waals surface area contributed by atoms with Crippen LogP contribution in [0.4, 0.5) is 5.95 Å². The first-order valence-corrected chi connectivity index (χ1v) is 4.97. The van der Waals surface area contributed by atoms with E-state index in [2.05, 4.69) is 34.1 Å². The fraction of sp³-hybridized carbons (Fsp3) is 0.273. The number of nitrogens with one attached hydrogen (secondary N) is 2. The van der Waals surface area contributed by atoms with Crippen LogP contribution in [0.25, 0.3) is 11.1 Å². The minimum atomic E-state index is 0.350. The molecule has 0 unspecified atom stereocenters. The molecule has 0 spiro atoms. The Morgan fingerprint density at radius 1 is 1.20 bits per heavy atom. The summed E-state index contributed by atoms with van der Waals surface area (Å²) in [6.07, 6.45) is 7.45. The number of hydrogen-bond donors (Lipinski definition) is 2. The van der Waals surface area contributed by atoms with Gasteiger partial charge in [0.05, 0.1) is 0 Å². The Morgan fingerprint density at radius 3 is 2.47 bits per heavy atom. The van der Waals surface area contributed by atoms with Crippen LogP contribution in [0.1, 0.15) is 13.8 Å². The summed E-state index contributed by atoms with van der Waals surface area (Å²) in [5.74, 6) is 0.671. The van der Waals surface area contributed by atoms with E-state index in [1.807, 2.05) is 30.9 Å². The third-order valence-corrected chi connectivity index (χ3v) is 2.00. The molecule has 4 heteroatoms. The van der Waals surface area contributed by atoms with Gasteiger partial charge in [-0.15, -0.1) is 0 Å². The van der Waals surface area contributed by atoms with Crippen molar-refractivity contribution in [3.63, 3.8) is 0 Å². The average Bonchev–Trinajstić information content (AvgIpc) is 2.71. The third kappa shape index (κ3) is 2.34. The topological polar surface area (TPSA) is 53.6 Å². The molecular weight excluding hydrogens is 188 g/mol. The zero-order valence-electron chi connectivity index (χ0n) is 8.86. The molecule has 4 nitrogen and oxygen atoms in total. The van der Waals surface area contributed by atoms with Gasteiger partial charge in [0.2, 0.25) is 5.95 Å². The molecular formula is C11H14N4. The van der Waals surface area contributed by atoms with Crippen LogP contribution in [0.15, 0.2) is 30.9 Å². The van der Waals surface area contributed by atoms with Gasteiger partial charge in [-0.3, -0.25) is 0 Å². The molecule has 2 heterocycles. The van der Waals surface area contributed by atoms with E-state index < -0.39 is 0 Å². The van der Waals surface area contributed by atoms with E-state index in [0.717, 1.165) is 11.1 Å². The number of aromatic nitrogens is 3. The van der Waals surface area contributed by atoms with Crippen LogP contribution >= 0.6 is 0 Å². The molecule has 0 fully saturated rings. The normalized spacial score (nSPS) is 10.6. The smallest absolute Gasteiger partial charge is 0.222 e. The fourth-order valence-electron chi connectivity index (χ4n) is 1.31. The van der Waals surface area contributed by atoms with Crippen LogP contribution in [0.2, 0.25) is 0 Å². The maximum absolute atomic E-state index is 4.24. The second kappa shape index (κ2) is 4.13. The van der Waals surface area contributed by atoms with Crippen molar-refractivity contribution in [2.75, 3.05) is 5.32 Å². The van der Waals surface area contributed by atoms with Gasteiger partial charge in [0, 0.05) is 42.0 Å². The first-order valence-electron chi connectivity index (χ1n) is 4.97. The van der Waals surface area contributed by atoms with Gasteiger partial charge in [-0.1, -0.05) is 0 Å². The summed E-state index contributed by atoms with van der Waals surface area (Å²) in [5.41, 5.74) is 2.12. The maximum Gasteiger partial charge on any atom is 0.222 e. The Labute approximate surface area is 88.8 Å². The molecule has 2 rings (SSSR count). The lowest BCUT2D eigenvalue weighted by atomic mass is 10.2. The Bertz CT molecular complexity index is 403. The van der Waals surface area contributed by atoms with Crippen molar-refractivity contribution in [3.8, 4) is 11.1 Å². The minimum Gasteiger partial charge on any atom is -0.367 e. The van der Waals surface area contributed by atoms with Crippen LogP contribution in [0.3, 0.4) is 0 Å². The predicted molar refractivity (Wildman–Crippen MR) is 60.6 cm³/mol. The third-order valence-electron chi connectivity index (χ3n) is 2.00. The van der Waals surface area contributed by atoms with E-state index >= 15 is 0 Å². The Balaban J connectivity index is 2.17. The molecule has 2 aromatic rings. The van der Waals surface area contributed by atoms with E-state index in [4.69, 9.17) is 0 Å². The van der Waals surface area contributed by atoms with Crippen molar-refractivity contribution in [3.05, 3.63) is 30.9 Å². The molecule has 15 heavy (non-hydrogen) atoms. The van der Waals surface area contributed by atoms with E-state index in [9.17, 15) is 0 Å². The number of rotatable bonds is 3. The van der Waals surface area contributed by atoms with Crippen LogP contribution in [-0.2, 0) is 0 Å². The highest BCUT2D eigenvalue weighted by Crippen LogP contribution is 2.16. The van der Waals surface area contributed by atoms with Gasteiger partial charge in [0.25, 0.3) is 0 Å². The van der Waals surface area contributed by atoms with Crippen molar-refractivity contribution in [1.82, 2.24) is 15.0 Å². The van der Waals surface area contributed by atoms with E-state index in [1.54, 1.807) is 0 Å². The SMILES string of the molecule is CC(C)Nc1ncc(-c2cc[nH]c2)cn1. The first-order chi connectivity index (χ1) is 7.25. The van der Waals surface area contributed by atoms with Crippen molar-refractivity contribution in [1.29, 1.82) is 0 Å². The molecule has 0 amide bonds. The largest absolute Gasteiger partial charge is 0.367 e. The van der Waals surface area contributed by atoms with Gasteiger partial charge in [0.1, 0.15) is 0 Å². The fourth-order valence-corrected chi connectivity index (χ4v) is 1.31. The second-order valence-electron chi connectivity index (χ2n) is 3.69. The molecule has 0 saturated carbocycles. The lowest BCUT2D eigenvalue weighted by Crippen LogP contribution is -2.12. The van der Waals surface area contributed by atoms with E-state index in [0.29, 0.717) is 12.0 Å². The number of aromatic amines is 1. The molecule has 0 aliphatic heterocycles. The number of nitrogens with zero attached hydrogens (tertiary/aromatic N) is 2. The highest BCUT2D eigenvalue weighted by Gasteiger charge is 2.01. The molecule has 0 radical (unpaired) electrons. The molecule has 0 atom stereocenters. The summed E-state index contributed by atoms with van der Waals surface area (Å²) in [7, 11) is 0. The highest BCUT2D eigenvalue weighted by atomic mass is 15.1. The van der Waals surface area contributed by atoms with Gasteiger partial charge in [0.15, 0.2) is 0 Å². The highest BCUT2D eigenvalue weighted by molar-refractivity contribution is 5.60.